The van der Waals surface area contributed by atoms with E-state index in [1.165, 1.54) is 22.4 Å². The fourth-order valence-electron chi connectivity index (χ4n) is 2.78. The first-order valence-corrected chi connectivity index (χ1v) is 9.30. The molecule has 7 heteroatoms. The zero-order valence-electron chi connectivity index (χ0n) is 16.2. The molecule has 1 aliphatic rings. The normalized spacial score (nSPS) is 13.6. The van der Waals surface area contributed by atoms with Gasteiger partial charge in [0.15, 0.2) is 0 Å². The Hall–Kier alpha value is -3.09. The molecule has 0 aliphatic carbocycles. The highest BCUT2D eigenvalue weighted by Crippen LogP contribution is 2.33. The Balaban J connectivity index is 0.000000321. The third-order valence-corrected chi connectivity index (χ3v) is 4.30. The van der Waals surface area contributed by atoms with Crippen LogP contribution >= 0.6 is 11.6 Å². The summed E-state index contributed by atoms with van der Waals surface area (Å²) >= 11 is 6.21. The summed E-state index contributed by atoms with van der Waals surface area (Å²) in [4.78, 5) is 21.3. The molecule has 0 saturated carbocycles. The summed E-state index contributed by atoms with van der Waals surface area (Å²) in [6.07, 6.45) is 10.8. The smallest absolute Gasteiger partial charge is 0.328 e. The second kappa shape index (κ2) is 10.5. The average Bonchev–Trinajstić information content (AvgIpc) is 3.06. The number of halogens is 1. The zero-order valence-corrected chi connectivity index (χ0v) is 17.0. The highest BCUT2D eigenvalue weighted by atomic mass is 35.5. The number of rotatable bonds is 5. The summed E-state index contributed by atoms with van der Waals surface area (Å²) in [6, 6.07) is 10.3. The largest absolute Gasteiger partial charge is 0.478 e. The van der Waals surface area contributed by atoms with Crippen molar-refractivity contribution in [2.45, 2.75) is 6.42 Å². The van der Waals surface area contributed by atoms with Gasteiger partial charge in [0.25, 0.3) is 0 Å². The minimum atomic E-state index is -1.26. The number of benzene rings is 1. The van der Waals surface area contributed by atoms with Gasteiger partial charge in [0.05, 0.1) is 5.69 Å². The number of aliphatic carboxylic acids is 2. The number of carboxylic acids is 2. The minimum Gasteiger partial charge on any atom is -0.478 e. The van der Waals surface area contributed by atoms with Gasteiger partial charge in [0.1, 0.15) is 0 Å². The second-order valence-electron chi connectivity index (χ2n) is 6.57. The first-order valence-electron chi connectivity index (χ1n) is 8.92. The van der Waals surface area contributed by atoms with Gasteiger partial charge >= 0.3 is 11.9 Å². The standard InChI is InChI=1S/C18H19ClN2.C4H4O4/c1-20(2)10-3-5-16-17-13-15(19)8-7-14(17)9-12-21-11-4-6-18(16)21;5-3(6)1-2-4(7)8/h4-9,11-13H,3,10H2,1-2H3;1-2H,(H,5,6)(H,7,8)/b16-5+;2-1-. The van der Waals surface area contributed by atoms with E-state index in [0.717, 1.165) is 18.0 Å². The Labute approximate surface area is 174 Å². The molecule has 0 unspecified atom stereocenters. The molecule has 1 aromatic carbocycles. The van der Waals surface area contributed by atoms with Crippen molar-refractivity contribution in [3.8, 4) is 0 Å². The molecule has 0 bridgehead atoms. The lowest BCUT2D eigenvalue weighted by atomic mass is 9.97. The predicted molar refractivity (Wildman–Crippen MR) is 116 cm³/mol. The van der Waals surface area contributed by atoms with Crippen LogP contribution in [0.15, 0.2) is 54.8 Å². The van der Waals surface area contributed by atoms with Crippen molar-refractivity contribution in [2.24, 2.45) is 0 Å². The Morgan fingerprint density at radius 2 is 1.83 bits per heavy atom. The average molecular weight is 415 g/mol. The zero-order chi connectivity index (χ0) is 21.4. The first-order chi connectivity index (χ1) is 13.8. The summed E-state index contributed by atoms with van der Waals surface area (Å²) < 4.78 is 2.16. The Bertz CT molecular complexity index is 955. The van der Waals surface area contributed by atoms with Crippen molar-refractivity contribution in [3.63, 3.8) is 0 Å². The van der Waals surface area contributed by atoms with E-state index in [1.54, 1.807) is 0 Å². The molecule has 29 heavy (non-hydrogen) atoms. The minimum absolute atomic E-state index is 0.558. The molecule has 0 fully saturated rings. The fraction of sp³-hybridized carbons (Fsp3) is 0.182. The maximum atomic E-state index is 9.55. The fourth-order valence-corrected chi connectivity index (χ4v) is 2.95. The number of fused-ring (bicyclic) bond motifs is 2. The van der Waals surface area contributed by atoms with E-state index < -0.39 is 11.9 Å². The molecule has 6 nitrogen and oxygen atoms in total. The number of carbonyl (C=O) groups is 2. The molecule has 0 amide bonds. The first kappa shape index (κ1) is 22.2. The lowest BCUT2D eigenvalue weighted by Gasteiger charge is -2.12. The van der Waals surface area contributed by atoms with Crippen LogP contribution in [0.2, 0.25) is 5.02 Å². The number of nitrogens with zero attached hydrogens (tertiary/aromatic N) is 2. The van der Waals surface area contributed by atoms with Gasteiger partial charge < -0.3 is 19.7 Å². The van der Waals surface area contributed by atoms with Gasteiger partial charge in [-0.05, 0) is 62.0 Å². The van der Waals surface area contributed by atoms with Crippen LogP contribution in [0.5, 0.6) is 0 Å². The molecule has 2 aromatic rings. The molecule has 152 valence electrons. The number of aromatic nitrogens is 1. The SMILES string of the molecule is CN(C)CC/C=C1\c2cc(Cl)ccc2C=Cn2cccc21.O=C(O)/C=C\C(=O)O. The summed E-state index contributed by atoms with van der Waals surface area (Å²) in [5, 5.41) is 16.4. The van der Waals surface area contributed by atoms with Crippen LogP contribution in [0.3, 0.4) is 0 Å². The molecule has 0 atom stereocenters. The summed E-state index contributed by atoms with van der Waals surface area (Å²) in [5.74, 6) is -2.51. The summed E-state index contributed by atoms with van der Waals surface area (Å²) in [5.41, 5.74) is 4.88. The van der Waals surface area contributed by atoms with Crippen molar-refractivity contribution < 1.29 is 19.8 Å². The van der Waals surface area contributed by atoms with Gasteiger partial charge in [0.2, 0.25) is 0 Å². The van der Waals surface area contributed by atoms with Crippen LogP contribution in [-0.4, -0.2) is 52.3 Å². The molecule has 0 spiro atoms. The topological polar surface area (TPSA) is 82.8 Å². The van der Waals surface area contributed by atoms with Gasteiger partial charge in [0, 0.05) is 41.7 Å². The Kier molecular flexibility index (Phi) is 8.00. The van der Waals surface area contributed by atoms with Gasteiger partial charge in [-0.3, -0.25) is 0 Å². The highest BCUT2D eigenvalue weighted by Gasteiger charge is 2.15. The van der Waals surface area contributed by atoms with Crippen molar-refractivity contribution in [3.05, 3.63) is 76.6 Å². The van der Waals surface area contributed by atoms with E-state index in [1.807, 2.05) is 6.07 Å². The van der Waals surface area contributed by atoms with Crippen molar-refractivity contribution >= 4 is 41.4 Å². The predicted octanol–water partition coefficient (Wildman–Crippen LogP) is 4.18. The van der Waals surface area contributed by atoms with Gasteiger partial charge in [-0.15, -0.1) is 0 Å². The lowest BCUT2D eigenvalue weighted by Crippen LogP contribution is -2.12. The summed E-state index contributed by atoms with van der Waals surface area (Å²) in [6.45, 7) is 1.04. The highest BCUT2D eigenvalue weighted by molar-refractivity contribution is 6.30. The van der Waals surface area contributed by atoms with Crippen molar-refractivity contribution in [1.29, 1.82) is 0 Å². The van der Waals surface area contributed by atoms with E-state index in [9.17, 15) is 9.59 Å². The molecular formula is C22H23ClN2O4. The van der Waals surface area contributed by atoms with Crippen molar-refractivity contribution in [1.82, 2.24) is 9.47 Å². The lowest BCUT2D eigenvalue weighted by molar-refractivity contribution is -0.134. The van der Waals surface area contributed by atoms with Crippen LogP contribution in [0.25, 0.3) is 17.8 Å². The van der Waals surface area contributed by atoms with Crippen LogP contribution in [-0.2, 0) is 9.59 Å². The number of hydrogen-bond acceptors (Lipinski definition) is 3. The third-order valence-electron chi connectivity index (χ3n) is 4.07. The van der Waals surface area contributed by atoms with Crippen LogP contribution < -0.4 is 0 Å². The molecule has 2 heterocycles. The van der Waals surface area contributed by atoms with Gasteiger partial charge in [-0.2, -0.15) is 0 Å². The molecular weight excluding hydrogens is 392 g/mol. The molecule has 1 aromatic heterocycles. The van der Waals surface area contributed by atoms with Gasteiger partial charge in [-0.1, -0.05) is 23.7 Å². The molecule has 0 radical (unpaired) electrons. The molecule has 3 rings (SSSR count). The Morgan fingerprint density at radius 3 is 2.45 bits per heavy atom. The van der Waals surface area contributed by atoms with Crippen LogP contribution in [0, 0.1) is 0 Å². The molecule has 1 aliphatic heterocycles. The third kappa shape index (κ3) is 6.78. The van der Waals surface area contributed by atoms with Crippen LogP contribution in [0.1, 0.15) is 23.2 Å². The number of hydrogen-bond donors (Lipinski definition) is 2. The maximum Gasteiger partial charge on any atom is 0.328 e. The molecule has 2 N–H and O–H groups in total. The molecule has 0 saturated heterocycles. The number of carboxylic acid groups (broad SMARTS) is 2. The quantitative estimate of drug-likeness (QED) is 0.612. The van der Waals surface area contributed by atoms with Gasteiger partial charge in [-0.25, -0.2) is 9.59 Å². The summed E-state index contributed by atoms with van der Waals surface area (Å²) in [7, 11) is 4.20. The van der Waals surface area contributed by atoms with E-state index in [-0.39, 0.29) is 0 Å². The van der Waals surface area contributed by atoms with E-state index >= 15 is 0 Å². The monoisotopic (exact) mass is 414 g/mol. The van der Waals surface area contributed by atoms with Crippen molar-refractivity contribution in [2.75, 3.05) is 20.6 Å². The second-order valence-corrected chi connectivity index (χ2v) is 7.00. The van der Waals surface area contributed by atoms with Crippen LogP contribution in [0.4, 0.5) is 0 Å². The Morgan fingerprint density at radius 1 is 1.14 bits per heavy atom. The van der Waals surface area contributed by atoms with E-state index in [4.69, 9.17) is 21.8 Å². The van der Waals surface area contributed by atoms with E-state index in [0.29, 0.717) is 12.2 Å². The van der Waals surface area contributed by atoms with E-state index in [2.05, 4.69) is 72.4 Å². The maximum absolute atomic E-state index is 9.55.